The minimum absolute atomic E-state index is 0.0642. The van der Waals surface area contributed by atoms with Crippen LogP contribution in [0.3, 0.4) is 0 Å². The van der Waals surface area contributed by atoms with E-state index in [1.807, 2.05) is 0 Å². The number of halogens is 5. The van der Waals surface area contributed by atoms with Crippen molar-refractivity contribution in [2.75, 3.05) is 11.9 Å². The number of amides is 1. The van der Waals surface area contributed by atoms with Crippen molar-refractivity contribution in [2.45, 2.75) is 56.7 Å². The van der Waals surface area contributed by atoms with Gasteiger partial charge in [0.05, 0.1) is 27.4 Å². The molecule has 1 unspecified atom stereocenters. The highest BCUT2D eigenvalue weighted by Gasteiger charge is 2.40. The smallest absolute Gasteiger partial charge is 0.428 e. The molecule has 1 saturated heterocycles. The first-order valence-electron chi connectivity index (χ1n) is 14.3. The van der Waals surface area contributed by atoms with Gasteiger partial charge in [0.25, 0.3) is 0 Å². The van der Waals surface area contributed by atoms with Gasteiger partial charge in [-0.2, -0.15) is 26.3 Å². The quantitative estimate of drug-likeness (QED) is 0.0725. The molecule has 3 heterocycles. The zero-order valence-electron chi connectivity index (χ0n) is 25.5. The Morgan fingerprint density at radius 2 is 1.96 bits per heavy atom. The summed E-state index contributed by atoms with van der Waals surface area (Å²) in [6, 6.07) is 4.05. The molecule has 262 valence electrons. The summed E-state index contributed by atoms with van der Waals surface area (Å²) in [6.45, 7) is 2.75. The number of carbonyl (C=O) groups excluding carboxylic acids is 1. The largest absolute Gasteiger partial charge is 0.455 e. The van der Waals surface area contributed by atoms with Crippen LogP contribution in [0.4, 0.5) is 34.0 Å². The zero-order valence-corrected chi connectivity index (χ0v) is 27.9. The van der Waals surface area contributed by atoms with Crippen LogP contribution in [-0.2, 0) is 31.6 Å². The number of aromatic nitrogens is 3. The topological polar surface area (TPSA) is 165 Å². The van der Waals surface area contributed by atoms with E-state index in [0.29, 0.717) is 25.2 Å². The summed E-state index contributed by atoms with van der Waals surface area (Å²) in [7, 11) is -4.66. The van der Waals surface area contributed by atoms with Crippen molar-refractivity contribution in [3.05, 3.63) is 79.5 Å². The van der Waals surface area contributed by atoms with E-state index >= 15 is 4.39 Å². The number of rotatable bonds is 10. The van der Waals surface area contributed by atoms with Crippen LogP contribution < -0.4 is 10.1 Å². The lowest BCUT2D eigenvalue weighted by molar-refractivity contribution is -0.389. The predicted molar refractivity (Wildman–Crippen MR) is 169 cm³/mol. The Labute approximate surface area is 285 Å². The fourth-order valence-corrected chi connectivity index (χ4v) is 6.36. The summed E-state index contributed by atoms with van der Waals surface area (Å²) in [5, 5.41) is 19.3. The number of anilines is 1. The molecule has 1 atom stereocenters. The van der Waals surface area contributed by atoms with E-state index in [-0.39, 0.29) is 33.3 Å². The van der Waals surface area contributed by atoms with Gasteiger partial charge in [-0.15, -0.1) is 11.3 Å². The van der Waals surface area contributed by atoms with Crippen LogP contribution in [0.2, 0.25) is 5.02 Å². The van der Waals surface area contributed by atoms with Gasteiger partial charge in [0.1, 0.15) is 33.4 Å². The first-order valence-corrected chi connectivity index (χ1v) is 17.0. The van der Waals surface area contributed by atoms with Crippen LogP contribution in [0.25, 0.3) is 11.1 Å². The van der Waals surface area contributed by atoms with Crippen molar-refractivity contribution < 1.29 is 49.4 Å². The average Bonchev–Trinajstić information content (AvgIpc) is 3.70. The third-order valence-electron chi connectivity index (χ3n) is 7.39. The molecule has 4 aromatic rings. The van der Waals surface area contributed by atoms with Crippen molar-refractivity contribution in [3.63, 3.8) is 0 Å². The number of alkyl halides is 3. The fraction of sp³-hybridized carbons (Fsp3) is 0.345. The van der Waals surface area contributed by atoms with E-state index in [9.17, 15) is 36.5 Å². The summed E-state index contributed by atoms with van der Waals surface area (Å²) in [6.07, 6.45) is -4.23. The van der Waals surface area contributed by atoms with Crippen molar-refractivity contribution in [3.8, 4) is 22.6 Å². The second-order valence-electron chi connectivity index (χ2n) is 11.4. The Balaban J connectivity index is 1.45. The summed E-state index contributed by atoms with van der Waals surface area (Å²) >= 11 is 7.53. The lowest BCUT2D eigenvalue weighted by Crippen LogP contribution is -2.38. The Bertz CT molecular complexity index is 1980. The van der Waals surface area contributed by atoms with E-state index in [1.165, 1.54) is 35.6 Å². The SMILES string of the molecule is CC(C)(Cc1cc(Cl)c(Oc2ccc(C(F)(F)F)cc2-c2cn(C3CCCCO3)nc2[N+](=O)[O-])cc1F)S(=O)(=O)OC(=O)Nc1cscn1. The van der Waals surface area contributed by atoms with Crippen LogP contribution >= 0.6 is 22.9 Å². The molecule has 5 rings (SSSR count). The van der Waals surface area contributed by atoms with Crippen LogP contribution in [0.1, 0.15) is 50.5 Å². The van der Waals surface area contributed by atoms with Gasteiger partial charge >= 0.3 is 28.2 Å². The van der Waals surface area contributed by atoms with Crippen LogP contribution in [0.5, 0.6) is 11.5 Å². The van der Waals surface area contributed by atoms with E-state index in [1.54, 1.807) is 0 Å². The monoisotopic (exact) mass is 747 g/mol. The number of nitrogens with zero attached hydrogens (tertiary/aromatic N) is 4. The second kappa shape index (κ2) is 13.9. The number of carbonyl (C=O) groups is 1. The lowest BCUT2D eigenvalue weighted by Gasteiger charge is -2.24. The zero-order chi connectivity index (χ0) is 35.7. The Hall–Kier alpha value is -4.33. The molecule has 0 aliphatic carbocycles. The third-order valence-corrected chi connectivity index (χ3v) is 10.1. The van der Waals surface area contributed by atoms with E-state index in [0.717, 1.165) is 42.4 Å². The van der Waals surface area contributed by atoms with E-state index in [2.05, 4.69) is 19.6 Å². The standard InChI is InChI=1S/C29H26ClF4N5O8S2/c1-28(2,49(43,44)47-27(40)36-24-14-48-15-35-24)12-16-9-20(30)23(11-21(16)31)46-22-7-6-17(29(32,33)34)10-18(22)19-13-38(37-26(19)39(41)42)25-5-3-4-8-45-25/h6-7,9-11,13-15,25H,3-5,8,12H2,1-2H3,(H,36,40). The van der Waals surface area contributed by atoms with Crippen molar-refractivity contribution >= 4 is 50.8 Å². The Morgan fingerprint density at radius 3 is 2.59 bits per heavy atom. The first kappa shape index (κ1) is 36.0. The molecule has 0 radical (unpaired) electrons. The summed E-state index contributed by atoms with van der Waals surface area (Å²) in [5.41, 5.74) is -0.684. The molecule has 20 heteroatoms. The van der Waals surface area contributed by atoms with Gasteiger partial charge in [0.2, 0.25) is 0 Å². The van der Waals surface area contributed by atoms with Gasteiger partial charge < -0.3 is 23.8 Å². The maximum Gasteiger partial charge on any atom is 0.428 e. The molecular formula is C29H26ClF4N5O8S2. The van der Waals surface area contributed by atoms with Crippen molar-refractivity contribution in [1.29, 1.82) is 0 Å². The van der Waals surface area contributed by atoms with E-state index < -0.39 is 67.7 Å². The molecule has 0 spiro atoms. The Kier molecular flexibility index (Phi) is 10.2. The fourth-order valence-electron chi connectivity index (χ4n) is 4.85. The van der Waals surface area contributed by atoms with Gasteiger partial charge in [-0.05, 0) is 74.3 Å². The van der Waals surface area contributed by atoms with Crippen LogP contribution in [0, 0.1) is 15.9 Å². The Morgan fingerprint density at radius 1 is 1.20 bits per heavy atom. The molecule has 1 aliphatic heterocycles. The highest BCUT2D eigenvalue weighted by atomic mass is 35.5. The van der Waals surface area contributed by atoms with Crippen LogP contribution in [0.15, 0.2) is 47.4 Å². The maximum absolute atomic E-state index is 15.5. The number of hydrogen-bond acceptors (Lipinski definition) is 11. The van der Waals surface area contributed by atoms with Crippen LogP contribution in [-0.4, -0.2) is 45.6 Å². The summed E-state index contributed by atoms with van der Waals surface area (Å²) in [4.78, 5) is 27.0. The molecule has 2 aromatic heterocycles. The minimum Gasteiger partial charge on any atom is -0.455 e. The third kappa shape index (κ3) is 8.11. The van der Waals surface area contributed by atoms with Gasteiger partial charge in [-0.1, -0.05) is 11.6 Å². The van der Waals surface area contributed by atoms with Gasteiger partial charge in [-0.3, -0.25) is 5.32 Å². The van der Waals surface area contributed by atoms with Gasteiger partial charge in [-0.25, -0.2) is 14.2 Å². The predicted octanol–water partition coefficient (Wildman–Crippen LogP) is 8.12. The number of nitrogens with one attached hydrogen (secondary N) is 1. The molecule has 1 N–H and O–H groups in total. The molecule has 13 nitrogen and oxygen atoms in total. The molecule has 1 amide bonds. The number of ether oxygens (including phenoxy) is 2. The summed E-state index contributed by atoms with van der Waals surface area (Å²) < 4.78 is 97.9. The van der Waals surface area contributed by atoms with Gasteiger partial charge in [0.15, 0.2) is 6.23 Å². The molecule has 1 aliphatic rings. The molecule has 49 heavy (non-hydrogen) atoms. The second-order valence-corrected chi connectivity index (χ2v) is 14.7. The van der Waals surface area contributed by atoms with Gasteiger partial charge in [0, 0.05) is 23.6 Å². The summed E-state index contributed by atoms with van der Waals surface area (Å²) in [5.74, 6) is -2.46. The minimum atomic E-state index is -4.84. The van der Waals surface area contributed by atoms with Crippen molar-refractivity contribution in [1.82, 2.24) is 14.8 Å². The lowest BCUT2D eigenvalue weighted by atomic mass is 10.0. The molecule has 0 saturated carbocycles. The normalized spacial score (nSPS) is 15.5. The number of thiazole rings is 1. The van der Waals surface area contributed by atoms with Crippen molar-refractivity contribution in [2.24, 2.45) is 0 Å². The number of nitro groups is 1. The first-order chi connectivity index (χ1) is 22.9. The highest BCUT2D eigenvalue weighted by molar-refractivity contribution is 7.88. The highest BCUT2D eigenvalue weighted by Crippen LogP contribution is 2.44. The number of benzene rings is 2. The molecular weight excluding hydrogens is 722 g/mol. The number of hydrogen-bond donors (Lipinski definition) is 1. The molecule has 1 fully saturated rings. The maximum atomic E-state index is 15.5. The van der Waals surface area contributed by atoms with E-state index in [4.69, 9.17) is 21.1 Å². The average molecular weight is 748 g/mol. The molecule has 2 aromatic carbocycles. The molecule has 0 bridgehead atoms.